The molecule has 1 fully saturated rings. The number of hydrogen-bond donors (Lipinski definition) is 1. The van der Waals surface area contributed by atoms with Crippen LogP contribution in [0, 0.1) is 5.92 Å². The molecule has 0 atom stereocenters. The van der Waals surface area contributed by atoms with Gasteiger partial charge >= 0.3 is 0 Å². The molecule has 3 heterocycles. The van der Waals surface area contributed by atoms with Gasteiger partial charge in [0, 0.05) is 36.8 Å². The summed E-state index contributed by atoms with van der Waals surface area (Å²) < 4.78 is 21.3. The lowest BCUT2D eigenvalue weighted by Crippen LogP contribution is -2.40. The lowest BCUT2D eigenvalue weighted by molar-refractivity contribution is -0.130. The zero-order chi connectivity index (χ0) is 21.2. The number of amides is 2. The van der Waals surface area contributed by atoms with Crippen LogP contribution in [0.25, 0.3) is 6.08 Å². The van der Waals surface area contributed by atoms with Gasteiger partial charge < -0.3 is 29.2 Å². The highest BCUT2D eigenvalue weighted by molar-refractivity contribution is 5.94. The van der Waals surface area contributed by atoms with Crippen molar-refractivity contribution in [1.82, 2.24) is 4.90 Å². The highest BCUT2D eigenvalue weighted by Crippen LogP contribution is 2.35. The number of nitrogens with zero attached hydrogens (tertiary/aromatic N) is 1. The Bertz CT molecular complexity index is 1040. The standard InChI is InChI=1S/C23H22N2O6/c26-22(6-2-15-1-4-18-20(11-15)30-13-28-18)25-9-7-16(8-10-25)23(27)24-17-3-5-19-21(12-17)31-14-29-19/h1-6,11-12,16H,7-10,13-14H2,(H,24,27). The molecule has 8 nitrogen and oxygen atoms in total. The third kappa shape index (κ3) is 4.14. The summed E-state index contributed by atoms with van der Waals surface area (Å²) in [6.07, 6.45) is 4.58. The summed E-state index contributed by atoms with van der Waals surface area (Å²) in [6.45, 7) is 1.51. The van der Waals surface area contributed by atoms with Crippen LogP contribution < -0.4 is 24.3 Å². The van der Waals surface area contributed by atoms with Crippen molar-refractivity contribution in [1.29, 1.82) is 0 Å². The number of carbonyl (C=O) groups is 2. The van der Waals surface area contributed by atoms with E-state index >= 15 is 0 Å². The first-order chi connectivity index (χ1) is 15.2. The minimum absolute atomic E-state index is 0.0399. The first-order valence-electron chi connectivity index (χ1n) is 10.2. The van der Waals surface area contributed by atoms with Gasteiger partial charge in [-0.3, -0.25) is 9.59 Å². The molecule has 2 aromatic rings. The predicted octanol–water partition coefficient (Wildman–Crippen LogP) is 3.03. The van der Waals surface area contributed by atoms with Gasteiger partial charge in [-0.25, -0.2) is 0 Å². The van der Waals surface area contributed by atoms with Crippen molar-refractivity contribution in [3.8, 4) is 23.0 Å². The predicted molar refractivity (Wildman–Crippen MR) is 112 cm³/mol. The largest absolute Gasteiger partial charge is 0.454 e. The molecular weight excluding hydrogens is 400 g/mol. The molecule has 0 saturated carbocycles. The number of hydrogen-bond acceptors (Lipinski definition) is 6. The summed E-state index contributed by atoms with van der Waals surface area (Å²) in [5.74, 6) is 2.47. The number of benzene rings is 2. The first kappa shape index (κ1) is 19.3. The summed E-state index contributed by atoms with van der Waals surface area (Å²) in [5, 5.41) is 2.94. The summed E-state index contributed by atoms with van der Waals surface area (Å²) in [6, 6.07) is 10.9. The maximum Gasteiger partial charge on any atom is 0.246 e. The molecule has 0 aromatic heterocycles. The monoisotopic (exact) mass is 422 g/mol. The van der Waals surface area contributed by atoms with Crippen molar-refractivity contribution in [2.75, 3.05) is 32.0 Å². The van der Waals surface area contributed by atoms with E-state index in [9.17, 15) is 9.59 Å². The number of ether oxygens (including phenoxy) is 4. The van der Waals surface area contributed by atoms with Crippen LogP contribution in [0.5, 0.6) is 23.0 Å². The first-order valence-corrected chi connectivity index (χ1v) is 10.2. The molecular formula is C23H22N2O6. The van der Waals surface area contributed by atoms with Gasteiger partial charge in [-0.05, 0) is 48.7 Å². The highest BCUT2D eigenvalue weighted by Gasteiger charge is 2.27. The Morgan fingerprint density at radius 1 is 0.871 bits per heavy atom. The molecule has 3 aliphatic heterocycles. The van der Waals surface area contributed by atoms with Gasteiger partial charge in [0.25, 0.3) is 0 Å². The van der Waals surface area contributed by atoms with Gasteiger partial charge in [-0.2, -0.15) is 0 Å². The van der Waals surface area contributed by atoms with Crippen LogP contribution in [0.4, 0.5) is 5.69 Å². The van der Waals surface area contributed by atoms with E-state index in [2.05, 4.69) is 5.32 Å². The van der Waals surface area contributed by atoms with Crippen LogP contribution >= 0.6 is 0 Å². The number of carbonyl (C=O) groups excluding carboxylic acids is 2. The molecule has 31 heavy (non-hydrogen) atoms. The van der Waals surface area contributed by atoms with Crippen molar-refractivity contribution < 1.29 is 28.5 Å². The quantitative estimate of drug-likeness (QED) is 0.763. The second kappa shape index (κ2) is 8.22. The van der Waals surface area contributed by atoms with E-state index in [0.717, 1.165) is 5.56 Å². The third-order valence-electron chi connectivity index (χ3n) is 5.63. The van der Waals surface area contributed by atoms with Gasteiger partial charge in [-0.1, -0.05) is 6.07 Å². The van der Waals surface area contributed by atoms with E-state index in [1.54, 1.807) is 35.3 Å². The molecule has 0 spiro atoms. The molecule has 0 unspecified atom stereocenters. The SMILES string of the molecule is O=C(Nc1ccc2c(c1)OCO2)C1CCN(C(=O)C=Cc2ccc3c(c2)OCO3)CC1. The number of likely N-dealkylation sites (tertiary alicyclic amines) is 1. The Morgan fingerprint density at radius 2 is 1.52 bits per heavy atom. The van der Waals surface area contributed by atoms with Crippen LogP contribution in [-0.4, -0.2) is 43.4 Å². The van der Waals surface area contributed by atoms with E-state index in [4.69, 9.17) is 18.9 Å². The van der Waals surface area contributed by atoms with E-state index in [0.29, 0.717) is 54.6 Å². The van der Waals surface area contributed by atoms with Crippen LogP contribution in [0.1, 0.15) is 18.4 Å². The number of fused-ring (bicyclic) bond motifs is 2. The minimum atomic E-state index is -0.132. The van der Waals surface area contributed by atoms with Crippen LogP contribution in [0.2, 0.25) is 0 Å². The van der Waals surface area contributed by atoms with Crippen molar-refractivity contribution in [2.24, 2.45) is 5.92 Å². The molecule has 0 bridgehead atoms. The maximum atomic E-state index is 12.6. The van der Waals surface area contributed by atoms with Gasteiger partial charge in [0.15, 0.2) is 23.0 Å². The Labute approximate surface area is 179 Å². The Kier molecular flexibility index (Phi) is 5.11. The lowest BCUT2D eigenvalue weighted by atomic mass is 9.95. The Morgan fingerprint density at radius 3 is 2.26 bits per heavy atom. The molecule has 2 amide bonds. The molecule has 3 aliphatic rings. The smallest absolute Gasteiger partial charge is 0.246 e. The second-order valence-corrected chi connectivity index (χ2v) is 7.60. The molecule has 5 rings (SSSR count). The van der Waals surface area contributed by atoms with Crippen molar-refractivity contribution in [3.63, 3.8) is 0 Å². The maximum absolute atomic E-state index is 12.6. The van der Waals surface area contributed by atoms with E-state index in [1.807, 2.05) is 18.2 Å². The van der Waals surface area contributed by atoms with Gasteiger partial charge in [0.1, 0.15) is 0 Å². The average molecular weight is 422 g/mol. The van der Waals surface area contributed by atoms with Crippen LogP contribution in [-0.2, 0) is 9.59 Å². The fraction of sp³-hybridized carbons (Fsp3) is 0.304. The van der Waals surface area contributed by atoms with Gasteiger partial charge in [0.2, 0.25) is 25.4 Å². The zero-order valence-electron chi connectivity index (χ0n) is 16.8. The number of nitrogens with one attached hydrogen (secondary N) is 1. The summed E-state index contributed by atoms with van der Waals surface area (Å²) in [5.41, 5.74) is 1.55. The fourth-order valence-corrected chi connectivity index (χ4v) is 3.87. The summed E-state index contributed by atoms with van der Waals surface area (Å²) >= 11 is 0. The number of rotatable bonds is 4. The third-order valence-corrected chi connectivity index (χ3v) is 5.63. The van der Waals surface area contributed by atoms with Gasteiger partial charge in [0.05, 0.1) is 0 Å². The minimum Gasteiger partial charge on any atom is -0.454 e. The molecule has 2 aromatic carbocycles. The zero-order valence-corrected chi connectivity index (χ0v) is 16.8. The molecule has 1 N–H and O–H groups in total. The Balaban J connectivity index is 1.13. The van der Waals surface area contributed by atoms with Gasteiger partial charge in [-0.15, -0.1) is 0 Å². The van der Waals surface area contributed by atoms with E-state index in [-0.39, 0.29) is 31.3 Å². The van der Waals surface area contributed by atoms with Crippen LogP contribution in [0.15, 0.2) is 42.5 Å². The summed E-state index contributed by atoms with van der Waals surface area (Å²) in [7, 11) is 0. The van der Waals surface area contributed by atoms with Crippen molar-refractivity contribution in [2.45, 2.75) is 12.8 Å². The number of anilines is 1. The molecule has 0 radical (unpaired) electrons. The number of piperidine rings is 1. The fourth-order valence-electron chi connectivity index (χ4n) is 3.87. The summed E-state index contributed by atoms with van der Waals surface area (Å²) in [4.78, 5) is 26.9. The normalized spacial score (nSPS) is 17.2. The van der Waals surface area contributed by atoms with E-state index < -0.39 is 0 Å². The second-order valence-electron chi connectivity index (χ2n) is 7.60. The molecule has 8 heteroatoms. The molecule has 1 saturated heterocycles. The topological polar surface area (TPSA) is 86.3 Å². The van der Waals surface area contributed by atoms with Crippen molar-refractivity contribution >= 4 is 23.6 Å². The van der Waals surface area contributed by atoms with E-state index in [1.165, 1.54) is 0 Å². The average Bonchev–Trinajstić information content (AvgIpc) is 3.46. The van der Waals surface area contributed by atoms with Crippen molar-refractivity contribution in [3.05, 3.63) is 48.0 Å². The van der Waals surface area contributed by atoms with Crippen LogP contribution in [0.3, 0.4) is 0 Å². The lowest BCUT2D eigenvalue weighted by Gasteiger charge is -2.30. The Hall–Kier alpha value is -3.68. The molecule has 160 valence electrons. The highest BCUT2D eigenvalue weighted by atomic mass is 16.7. The molecule has 0 aliphatic carbocycles.